The van der Waals surface area contributed by atoms with E-state index in [2.05, 4.69) is 9.72 Å². The second-order valence-electron chi connectivity index (χ2n) is 4.24. The molecule has 6 nitrogen and oxygen atoms in total. The normalized spacial score (nSPS) is 10.3. The Hall–Kier alpha value is -1.76. The third kappa shape index (κ3) is 3.86. The number of Topliss-reactive ketones (excluding diaryl/α,β-unsaturated/α-hetero) is 1. The summed E-state index contributed by atoms with van der Waals surface area (Å²) in [4.78, 5) is 36.9. The third-order valence-corrected chi connectivity index (χ3v) is 3.76. The molecule has 0 saturated carbocycles. The van der Waals surface area contributed by atoms with Gasteiger partial charge in [-0.05, 0) is 19.4 Å². The minimum atomic E-state index is -0.884. The molecule has 0 spiro atoms. The molecule has 0 fully saturated rings. The first-order valence-electron chi connectivity index (χ1n) is 5.98. The lowest BCUT2D eigenvalue weighted by molar-refractivity contribution is -0.136. The number of hydrogen-bond acceptors (Lipinski definition) is 5. The number of methoxy groups -OCH3 is 1. The van der Waals surface area contributed by atoms with Crippen molar-refractivity contribution in [3.63, 3.8) is 0 Å². The number of carbonyl (C=O) groups excluding carboxylic acids is 2. The lowest BCUT2D eigenvalue weighted by Crippen LogP contribution is -2.08. The van der Waals surface area contributed by atoms with Gasteiger partial charge in [0.05, 0.1) is 30.5 Å². The van der Waals surface area contributed by atoms with Crippen molar-refractivity contribution in [2.75, 3.05) is 18.6 Å². The highest BCUT2D eigenvalue weighted by Crippen LogP contribution is 2.20. The van der Waals surface area contributed by atoms with Crippen LogP contribution in [0, 0.1) is 13.8 Å². The van der Waals surface area contributed by atoms with Gasteiger partial charge in [-0.3, -0.25) is 9.59 Å². The highest BCUT2D eigenvalue weighted by molar-refractivity contribution is 8.00. The standard InChI is InChI=1S/C13H17NO5S/c1-7-11(13(18)19-3)8(2)14-12(7)9(15)6-20-5-4-10(16)17/h14H,4-6H2,1-3H3,(H,16,17). The predicted molar refractivity (Wildman–Crippen MR) is 75.5 cm³/mol. The summed E-state index contributed by atoms with van der Waals surface area (Å²) < 4.78 is 4.68. The molecule has 110 valence electrons. The first-order valence-corrected chi connectivity index (χ1v) is 7.14. The summed E-state index contributed by atoms with van der Waals surface area (Å²) in [7, 11) is 1.29. The summed E-state index contributed by atoms with van der Waals surface area (Å²) in [6, 6.07) is 0. The topological polar surface area (TPSA) is 96.5 Å². The molecule has 0 aliphatic rings. The molecular formula is C13H17NO5S. The number of carboxylic acids is 1. The van der Waals surface area contributed by atoms with Gasteiger partial charge in [-0.1, -0.05) is 0 Å². The molecule has 1 heterocycles. The van der Waals surface area contributed by atoms with Crippen LogP contribution in [-0.2, 0) is 9.53 Å². The number of aromatic nitrogens is 1. The van der Waals surface area contributed by atoms with E-state index in [-0.39, 0.29) is 18.0 Å². The number of nitrogens with one attached hydrogen (secondary N) is 1. The number of thioether (sulfide) groups is 1. The van der Waals surface area contributed by atoms with Crippen LogP contribution in [0.25, 0.3) is 0 Å². The lowest BCUT2D eigenvalue weighted by atomic mass is 10.1. The Labute approximate surface area is 120 Å². The fourth-order valence-corrected chi connectivity index (χ4v) is 2.63. The fraction of sp³-hybridized carbons (Fsp3) is 0.462. The molecule has 1 rings (SSSR count). The van der Waals surface area contributed by atoms with Gasteiger partial charge in [0.15, 0.2) is 5.78 Å². The molecule has 20 heavy (non-hydrogen) atoms. The van der Waals surface area contributed by atoms with Crippen LogP contribution in [0.15, 0.2) is 0 Å². The third-order valence-electron chi connectivity index (χ3n) is 2.80. The Morgan fingerprint density at radius 2 is 1.95 bits per heavy atom. The summed E-state index contributed by atoms with van der Waals surface area (Å²) in [5.74, 6) is -0.965. The summed E-state index contributed by atoms with van der Waals surface area (Å²) in [5, 5.41) is 8.51. The molecule has 7 heteroatoms. The molecule has 2 N–H and O–H groups in total. The number of carbonyl (C=O) groups is 3. The van der Waals surface area contributed by atoms with Gasteiger partial charge in [-0.2, -0.15) is 11.8 Å². The number of aliphatic carboxylic acids is 1. The zero-order chi connectivity index (χ0) is 15.3. The van der Waals surface area contributed by atoms with Crippen molar-refractivity contribution >= 4 is 29.5 Å². The summed E-state index contributed by atoms with van der Waals surface area (Å²) >= 11 is 1.26. The second-order valence-corrected chi connectivity index (χ2v) is 5.34. The van der Waals surface area contributed by atoms with E-state index in [0.29, 0.717) is 28.3 Å². The minimum Gasteiger partial charge on any atom is -0.481 e. The highest BCUT2D eigenvalue weighted by Gasteiger charge is 2.22. The lowest BCUT2D eigenvalue weighted by Gasteiger charge is -2.01. The van der Waals surface area contributed by atoms with Crippen LogP contribution in [-0.4, -0.2) is 46.4 Å². The van der Waals surface area contributed by atoms with Crippen LogP contribution in [0.3, 0.4) is 0 Å². The Bertz CT molecular complexity index is 535. The first kappa shape index (κ1) is 16.3. The maximum absolute atomic E-state index is 12.0. The van der Waals surface area contributed by atoms with Crippen molar-refractivity contribution < 1.29 is 24.2 Å². The summed E-state index contributed by atoms with van der Waals surface area (Å²) in [5.41, 5.74) is 1.92. The van der Waals surface area contributed by atoms with Crippen LogP contribution in [0.1, 0.15) is 38.5 Å². The molecule has 0 unspecified atom stereocenters. The van der Waals surface area contributed by atoms with Gasteiger partial charge in [0.2, 0.25) is 0 Å². The van der Waals surface area contributed by atoms with Crippen LogP contribution in [0.4, 0.5) is 0 Å². The van der Waals surface area contributed by atoms with E-state index in [1.807, 2.05) is 0 Å². The van der Waals surface area contributed by atoms with Gasteiger partial charge < -0.3 is 14.8 Å². The van der Waals surface area contributed by atoms with Crippen LogP contribution < -0.4 is 0 Å². The Morgan fingerprint density at radius 1 is 1.30 bits per heavy atom. The van der Waals surface area contributed by atoms with Crippen molar-refractivity contribution in [1.82, 2.24) is 4.98 Å². The molecule has 0 radical (unpaired) electrons. The van der Waals surface area contributed by atoms with Crippen LogP contribution in [0.5, 0.6) is 0 Å². The van der Waals surface area contributed by atoms with Gasteiger partial charge in [0.1, 0.15) is 0 Å². The minimum absolute atomic E-state index is 0.0219. The maximum atomic E-state index is 12.0. The molecule has 1 aromatic heterocycles. The number of rotatable bonds is 7. The number of H-pyrrole nitrogens is 1. The molecular weight excluding hydrogens is 282 g/mol. The number of hydrogen-bond donors (Lipinski definition) is 2. The summed E-state index contributed by atoms with van der Waals surface area (Å²) in [6.45, 7) is 3.39. The van der Waals surface area contributed by atoms with Crippen LogP contribution in [0.2, 0.25) is 0 Å². The zero-order valence-corrected chi connectivity index (χ0v) is 12.4. The Balaban J connectivity index is 2.74. The molecule has 0 saturated heterocycles. The average molecular weight is 299 g/mol. The first-order chi connectivity index (χ1) is 9.38. The van der Waals surface area contributed by atoms with E-state index < -0.39 is 11.9 Å². The van der Waals surface area contributed by atoms with E-state index >= 15 is 0 Å². The number of aryl methyl sites for hydroxylation is 1. The largest absolute Gasteiger partial charge is 0.481 e. The van der Waals surface area contributed by atoms with E-state index in [1.165, 1.54) is 18.9 Å². The smallest absolute Gasteiger partial charge is 0.339 e. The van der Waals surface area contributed by atoms with Gasteiger partial charge in [0.25, 0.3) is 0 Å². The Morgan fingerprint density at radius 3 is 2.50 bits per heavy atom. The molecule has 0 amide bonds. The van der Waals surface area contributed by atoms with E-state index in [1.54, 1.807) is 13.8 Å². The quantitative estimate of drug-likeness (QED) is 0.453. The SMILES string of the molecule is COC(=O)c1c(C)[nH]c(C(=O)CSCCC(=O)O)c1C. The molecule has 0 bridgehead atoms. The van der Waals surface area contributed by atoms with Gasteiger partial charge in [-0.15, -0.1) is 0 Å². The highest BCUT2D eigenvalue weighted by atomic mass is 32.2. The van der Waals surface area contributed by atoms with Crippen molar-refractivity contribution in [2.45, 2.75) is 20.3 Å². The molecule has 0 aromatic carbocycles. The number of esters is 1. The number of ketones is 1. The molecule has 1 aromatic rings. The monoisotopic (exact) mass is 299 g/mol. The van der Waals surface area contributed by atoms with E-state index in [0.717, 1.165) is 0 Å². The Kier molecular flexibility index (Phi) is 5.82. The van der Waals surface area contributed by atoms with Gasteiger partial charge >= 0.3 is 11.9 Å². The molecule has 0 atom stereocenters. The number of aromatic amines is 1. The predicted octanol–water partition coefficient (Wildman–Crippen LogP) is 1.81. The number of ether oxygens (including phenoxy) is 1. The van der Waals surface area contributed by atoms with Gasteiger partial charge in [-0.25, -0.2) is 4.79 Å². The zero-order valence-electron chi connectivity index (χ0n) is 11.6. The fourth-order valence-electron chi connectivity index (χ4n) is 1.83. The van der Waals surface area contributed by atoms with Crippen molar-refractivity contribution in [2.24, 2.45) is 0 Å². The number of carboxylic acid groups (broad SMARTS) is 1. The van der Waals surface area contributed by atoms with Crippen molar-refractivity contribution in [1.29, 1.82) is 0 Å². The van der Waals surface area contributed by atoms with Crippen molar-refractivity contribution in [3.05, 3.63) is 22.5 Å². The van der Waals surface area contributed by atoms with Gasteiger partial charge in [0, 0.05) is 11.4 Å². The maximum Gasteiger partial charge on any atom is 0.339 e. The second kappa shape index (κ2) is 7.14. The molecule has 0 aliphatic heterocycles. The average Bonchev–Trinajstić information content (AvgIpc) is 2.69. The van der Waals surface area contributed by atoms with Crippen LogP contribution >= 0.6 is 11.8 Å². The van der Waals surface area contributed by atoms with E-state index in [4.69, 9.17) is 5.11 Å². The summed E-state index contributed by atoms with van der Waals surface area (Å²) in [6.07, 6.45) is 0.0219. The van der Waals surface area contributed by atoms with E-state index in [9.17, 15) is 14.4 Å². The molecule has 0 aliphatic carbocycles. The van der Waals surface area contributed by atoms with Crippen molar-refractivity contribution in [3.8, 4) is 0 Å².